The van der Waals surface area contributed by atoms with Crippen LogP contribution in [0.15, 0.2) is 41.6 Å². The van der Waals surface area contributed by atoms with E-state index in [1.165, 1.54) is 12.4 Å². The number of nitrogens with zero attached hydrogens (tertiary/aromatic N) is 3. The molecular formula is C14H9ClF3N3S. The van der Waals surface area contributed by atoms with Gasteiger partial charge in [0.15, 0.2) is 0 Å². The summed E-state index contributed by atoms with van der Waals surface area (Å²) in [5.41, 5.74) is -2.84. The molecule has 0 saturated carbocycles. The molecule has 0 aliphatic heterocycles. The summed E-state index contributed by atoms with van der Waals surface area (Å²) in [6.07, 6.45) is 2.88. The predicted molar refractivity (Wildman–Crippen MR) is 80.5 cm³/mol. The number of rotatable bonds is 2. The number of thioether (sulfide) groups is 1. The molecule has 0 radical (unpaired) electrons. The van der Waals surface area contributed by atoms with Crippen molar-refractivity contribution in [1.29, 1.82) is 0 Å². The molecular weight excluding hydrogens is 335 g/mol. The van der Waals surface area contributed by atoms with Crippen molar-refractivity contribution in [3.05, 3.63) is 47.5 Å². The Hall–Kier alpha value is -1.73. The number of hydrogen-bond donors (Lipinski definition) is 0. The minimum Gasteiger partial charge on any atom is -0.300 e. The summed E-state index contributed by atoms with van der Waals surface area (Å²) in [7, 11) is 0. The van der Waals surface area contributed by atoms with Gasteiger partial charge in [0.25, 0.3) is 0 Å². The fraction of sp³-hybridized carbons (Fsp3) is 0.143. The van der Waals surface area contributed by atoms with Crippen LogP contribution in [-0.4, -0.2) is 20.0 Å². The van der Waals surface area contributed by atoms with Gasteiger partial charge < -0.3 is 0 Å². The second kappa shape index (κ2) is 5.48. The molecule has 3 nitrogen and oxygen atoms in total. The molecule has 0 aliphatic rings. The highest BCUT2D eigenvalue weighted by atomic mass is 35.5. The van der Waals surface area contributed by atoms with E-state index in [0.717, 1.165) is 5.56 Å². The van der Waals surface area contributed by atoms with Crippen LogP contribution in [-0.2, 0) is 0 Å². The van der Waals surface area contributed by atoms with Gasteiger partial charge in [-0.1, -0.05) is 11.6 Å². The summed E-state index contributed by atoms with van der Waals surface area (Å²) < 4.78 is 39.8. The average Bonchev–Trinajstić information content (AvgIpc) is 2.75. The summed E-state index contributed by atoms with van der Waals surface area (Å²) in [4.78, 5) is 7.96. The zero-order chi connectivity index (χ0) is 15.9. The molecule has 0 amide bonds. The van der Waals surface area contributed by atoms with Crippen molar-refractivity contribution in [3.8, 4) is 5.82 Å². The molecule has 114 valence electrons. The number of hydrogen-bond acceptors (Lipinski definition) is 3. The number of alkyl halides is 3. The minimum absolute atomic E-state index is 0.0384. The Bertz CT molecular complexity index is 845. The number of aryl methyl sites for hydroxylation is 1. The van der Waals surface area contributed by atoms with E-state index in [1.807, 2.05) is 13.0 Å². The molecule has 0 unspecified atom stereocenters. The van der Waals surface area contributed by atoms with E-state index in [2.05, 4.69) is 9.97 Å². The van der Waals surface area contributed by atoms with Crippen LogP contribution in [0.25, 0.3) is 16.7 Å². The first-order chi connectivity index (χ1) is 10.3. The zero-order valence-electron chi connectivity index (χ0n) is 11.2. The van der Waals surface area contributed by atoms with Crippen LogP contribution < -0.4 is 0 Å². The molecule has 2 heterocycles. The lowest BCUT2D eigenvalue weighted by atomic mass is 10.2. The third-order valence-electron chi connectivity index (χ3n) is 3.01. The lowest BCUT2D eigenvalue weighted by Gasteiger charge is -2.04. The fourth-order valence-electron chi connectivity index (χ4n) is 2.17. The highest BCUT2D eigenvalue weighted by Crippen LogP contribution is 2.41. The van der Waals surface area contributed by atoms with E-state index in [4.69, 9.17) is 11.6 Å². The van der Waals surface area contributed by atoms with Crippen LogP contribution >= 0.6 is 23.4 Å². The molecule has 3 aromatic rings. The van der Waals surface area contributed by atoms with E-state index in [1.54, 1.807) is 22.8 Å². The largest absolute Gasteiger partial charge is 0.446 e. The third kappa shape index (κ3) is 3.05. The molecule has 22 heavy (non-hydrogen) atoms. The highest BCUT2D eigenvalue weighted by molar-refractivity contribution is 8.00. The second-order valence-electron chi connectivity index (χ2n) is 4.62. The van der Waals surface area contributed by atoms with Crippen molar-refractivity contribution in [2.24, 2.45) is 0 Å². The minimum atomic E-state index is -4.35. The fourth-order valence-corrected chi connectivity index (χ4v) is 2.99. The Morgan fingerprint density at radius 2 is 2.00 bits per heavy atom. The van der Waals surface area contributed by atoms with E-state index >= 15 is 0 Å². The Labute approximate surface area is 133 Å². The van der Waals surface area contributed by atoms with E-state index in [-0.39, 0.29) is 21.9 Å². The molecule has 2 aromatic heterocycles. The molecule has 0 N–H and O–H groups in total. The summed E-state index contributed by atoms with van der Waals surface area (Å²) in [5, 5.41) is 0.563. The molecule has 1 aromatic carbocycles. The molecule has 0 saturated heterocycles. The number of halogens is 4. The van der Waals surface area contributed by atoms with Gasteiger partial charge >= 0.3 is 5.51 Å². The van der Waals surface area contributed by atoms with Crippen LogP contribution in [0.1, 0.15) is 5.56 Å². The lowest BCUT2D eigenvalue weighted by molar-refractivity contribution is -0.0327. The topological polar surface area (TPSA) is 30.7 Å². The van der Waals surface area contributed by atoms with Crippen LogP contribution in [0.5, 0.6) is 0 Å². The van der Waals surface area contributed by atoms with Gasteiger partial charge in [0.2, 0.25) is 5.28 Å². The molecule has 0 spiro atoms. The van der Waals surface area contributed by atoms with Crippen molar-refractivity contribution in [2.45, 2.75) is 17.3 Å². The molecule has 0 bridgehead atoms. The van der Waals surface area contributed by atoms with Crippen LogP contribution in [0.2, 0.25) is 5.28 Å². The van der Waals surface area contributed by atoms with Crippen molar-refractivity contribution >= 4 is 34.3 Å². The summed E-state index contributed by atoms with van der Waals surface area (Å²) in [6.45, 7) is 1.83. The van der Waals surface area contributed by atoms with E-state index in [0.29, 0.717) is 16.7 Å². The third-order valence-corrected chi connectivity index (χ3v) is 3.97. The average molecular weight is 344 g/mol. The van der Waals surface area contributed by atoms with Gasteiger partial charge in [-0.2, -0.15) is 18.2 Å². The first kappa shape index (κ1) is 15.2. The first-order valence-corrected chi connectivity index (χ1v) is 7.39. The molecule has 0 fully saturated rings. The Morgan fingerprint density at radius 3 is 2.68 bits per heavy atom. The van der Waals surface area contributed by atoms with Crippen molar-refractivity contribution in [2.75, 3.05) is 0 Å². The quantitative estimate of drug-likeness (QED) is 0.485. The van der Waals surface area contributed by atoms with Crippen LogP contribution in [0.4, 0.5) is 13.2 Å². The Morgan fingerprint density at radius 1 is 1.23 bits per heavy atom. The maximum absolute atomic E-state index is 12.8. The normalized spacial score (nSPS) is 12.0. The van der Waals surface area contributed by atoms with E-state index in [9.17, 15) is 13.2 Å². The van der Waals surface area contributed by atoms with Gasteiger partial charge in [-0.3, -0.25) is 4.57 Å². The lowest BCUT2D eigenvalue weighted by Crippen LogP contribution is -1.99. The number of aromatic nitrogens is 3. The molecule has 8 heteroatoms. The number of fused-ring (bicyclic) bond motifs is 1. The van der Waals surface area contributed by atoms with Crippen LogP contribution in [0, 0.1) is 6.92 Å². The SMILES string of the molecule is Cc1ccc2c(c1)c(SC(F)(F)F)cn2-c1ccnc(Cl)n1. The van der Waals surface area contributed by atoms with Gasteiger partial charge in [-0.15, -0.1) is 0 Å². The standard InChI is InChI=1S/C14H9ClF3N3S/c1-8-2-3-10-9(6-8)11(22-14(16,17)18)7-21(10)12-4-5-19-13(15)20-12/h2-7H,1H3. The van der Waals surface area contributed by atoms with Crippen molar-refractivity contribution < 1.29 is 13.2 Å². The Kier molecular flexibility index (Phi) is 3.78. The first-order valence-electron chi connectivity index (χ1n) is 6.20. The van der Waals surface area contributed by atoms with Crippen molar-refractivity contribution in [3.63, 3.8) is 0 Å². The smallest absolute Gasteiger partial charge is 0.300 e. The van der Waals surface area contributed by atoms with Gasteiger partial charge in [0.1, 0.15) is 5.82 Å². The summed E-state index contributed by atoms with van der Waals surface area (Å²) in [5.74, 6) is 0.419. The second-order valence-corrected chi connectivity index (χ2v) is 6.06. The van der Waals surface area contributed by atoms with Gasteiger partial charge in [0.05, 0.1) is 5.52 Å². The molecule has 3 rings (SSSR count). The maximum atomic E-state index is 12.8. The highest BCUT2D eigenvalue weighted by Gasteiger charge is 2.31. The van der Waals surface area contributed by atoms with Gasteiger partial charge in [0, 0.05) is 22.7 Å². The Balaban J connectivity index is 2.23. The summed E-state index contributed by atoms with van der Waals surface area (Å²) >= 11 is 5.63. The zero-order valence-corrected chi connectivity index (χ0v) is 12.8. The van der Waals surface area contributed by atoms with Gasteiger partial charge in [-0.05, 0) is 48.5 Å². The van der Waals surface area contributed by atoms with Crippen LogP contribution in [0.3, 0.4) is 0 Å². The summed E-state index contributed by atoms with van der Waals surface area (Å²) in [6, 6.07) is 6.92. The maximum Gasteiger partial charge on any atom is 0.446 e. The monoisotopic (exact) mass is 343 g/mol. The molecule has 0 atom stereocenters. The number of benzene rings is 1. The molecule has 0 aliphatic carbocycles. The van der Waals surface area contributed by atoms with Gasteiger partial charge in [-0.25, -0.2) is 4.98 Å². The predicted octanol–water partition coefficient (Wildman–Crippen LogP) is 4.99. The van der Waals surface area contributed by atoms with E-state index < -0.39 is 5.51 Å². The van der Waals surface area contributed by atoms with Crippen molar-refractivity contribution in [1.82, 2.24) is 14.5 Å².